The van der Waals surface area contributed by atoms with Crippen molar-refractivity contribution in [2.24, 2.45) is 0 Å². The molecular formula is C7H14F3NO3. The van der Waals surface area contributed by atoms with Crippen LogP contribution in [-0.2, 0) is 0 Å². The van der Waals surface area contributed by atoms with Gasteiger partial charge >= 0.3 is 6.18 Å². The van der Waals surface area contributed by atoms with Crippen molar-refractivity contribution in [1.82, 2.24) is 4.90 Å². The maximum Gasteiger partial charge on any atom is 0.401 e. The number of aliphatic hydroxyl groups excluding tert-OH is 3. The molecule has 0 aromatic carbocycles. The third kappa shape index (κ3) is 7.07. The van der Waals surface area contributed by atoms with Gasteiger partial charge in [-0.1, -0.05) is 0 Å². The third-order valence-electron chi connectivity index (χ3n) is 1.50. The van der Waals surface area contributed by atoms with Gasteiger partial charge in [-0.25, -0.2) is 0 Å². The topological polar surface area (TPSA) is 63.9 Å². The Morgan fingerprint density at radius 1 is 1.21 bits per heavy atom. The Balaban J connectivity index is 4.01. The Labute approximate surface area is 79.6 Å². The van der Waals surface area contributed by atoms with Gasteiger partial charge in [0.25, 0.3) is 0 Å². The molecule has 0 radical (unpaired) electrons. The molecule has 0 heterocycles. The average molecular weight is 217 g/mol. The van der Waals surface area contributed by atoms with Crippen LogP contribution in [0.5, 0.6) is 0 Å². The first kappa shape index (κ1) is 13.6. The van der Waals surface area contributed by atoms with Gasteiger partial charge in [-0.05, 0) is 0 Å². The SMILES string of the molecule is OCCN(CC(O)CO)CC(F)(F)F. The fourth-order valence-corrected chi connectivity index (χ4v) is 0.986. The fraction of sp³-hybridized carbons (Fsp3) is 1.00. The lowest BCUT2D eigenvalue weighted by Crippen LogP contribution is -2.41. The Bertz CT molecular complexity index is 154. The van der Waals surface area contributed by atoms with E-state index >= 15 is 0 Å². The molecule has 1 atom stereocenters. The smallest absolute Gasteiger partial charge is 0.395 e. The molecule has 7 heteroatoms. The minimum atomic E-state index is -4.37. The van der Waals surface area contributed by atoms with Gasteiger partial charge in [-0.2, -0.15) is 13.2 Å². The molecule has 0 spiro atoms. The van der Waals surface area contributed by atoms with Crippen molar-refractivity contribution in [2.75, 3.05) is 32.8 Å². The molecule has 14 heavy (non-hydrogen) atoms. The van der Waals surface area contributed by atoms with Crippen molar-refractivity contribution in [3.63, 3.8) is 0 Å². The summed E-state index contributed by atoms with van der Waals surface area (Å²) in [5.41, 5.74) is 0. The predicted molar refractivity (Wildman–Crippen MR) is 42.7 cm³/mol. The highest BCUT2D eigenvalue weighted by molar-refractivity contribution is 4.67. The third-order valence-corrected chi connectivity index (χ3v) is 1.50. The first-order chi connectivity index (χ1) is 6.39. The van der Waals surface area contributed by atoms with Crippen LogP contribution in [0, 0.1) is 0 Å². The molecule has 1 unspecified atom stereocenters. The summed E-state index contributed by atoms with van der Waals surface area (Å²) in [5, 5.41) is 25.8. The zero-order valence-electron chi connectivity index (χ0n) is 7.54. The molecule has 0 rings (SSSR count). The zero-order chi connectivity index (χ0) is 11.2. The van der Waals surface area contributed by atoms with E-state index in [0.29, 0.717) is 0 Å². The predicted octanol–water partition coefficient (Wildman–Crippen LogP) is -0.804. The molecule has 0 fully saturated rings. The maximum absolute atomic E-state index is 11.9. The molecule has 4 nitrogen and oxygen atoms in total. The van der Waals surface area contributed by atoms with Gasteiger partial charge < -0.3 is 15.3 Å². The van der Waals surface area contributed by atoms with Gasteiger partial charge in [0.1, 0.15) is 0 Å². The van der Waals surface area contributed by atoms with E-state index in [-0.39, 0.29) is 13.1 Å². The van der Waals surface area contributed by atoms with Crippen molar-refractivity contribution in [3.05, 3.63) is 0 Å². The summed E-state index contributed by atoms with van der Waals surface area (Å²) >= 11 is 0. The van der Waals surface area contributed by atoms with Gasteiger partial charge in [0.05, 0.1) is 25.9 Å². The molecule has 0 aliphatic rings. The molecule has 0 bridgehead atoms. The lowest BCUT2D eigenvalue weighted by atomic mass is 10.3. The first-order valence-corrected chi connectivity index (χ1v) is 4.08. The van der Waals surface area contributed by atoms with Crippen LogP contribution in [-0.4, -0.2) is 65.3 Å². The highest BCUT2D eigenvalue weighted by atomic mass is 19.4. The van der Waals surface area contributed by atoms with Crippen molar-refractivity contribution < 1.29 is 28.5 Å². The minimum absolute atomic E-state index is 0.184. The van der Waals surface area contributed by atoms with E-state index in [2.05, 4.69) is 0 Å². The van der Waals surface area contributed by atoms with Crippen LogP contribution in [0.2, 0.25) is 0 Å². The Hall–Kier alpha value is -0.370. The zero-order valence-corrected chi connectivity index (χ0v) is 7.54. The second-order valence-corrected chi connectivity index (χ2v) is 2.91. The lowest BCUT2D eigenvalue weighted by molar-refractivity contribution is -0.150. The molecule has 0 aliphatic heterocycles. The van der Waals surface area contributed by atoms with Crippen LogP contribution in [0.1, 0.15) is 0 Å². The van der Waals surface area contributed by atoms with Crippen molar-refractivity contribution in [2.45, 2.75) is 12.3 Å². The van der Waals surface area contributed by atoms with Crippen LogP contribution in [0.15, 0.2) is 0 Å². The number of aliphatic hydroxyl groups is 3. The highest BCUT2D eigenvalue weighted by Gasteiger charge is 2.31. The van der Waals surface area contributed by atoms with Gasteiger partial charge in [-0.3, -0.25) is 4.90 Å². The molecule has 0 amide bonds. The van der Waals surface area contributed by atoms with Gasteiger partial charge in [0.15, 0.2) is 0 Å². The van der Waals surface area contributed by atoms with E-state index in [0.717, 1.165) is 4.90 Å². The van der Waals surface area contributed by atoms with E-state index < -0.39 is 32.0 Å². The number of halogens is 3. The van der Waals surface area contributed by atoms with Crippen LogP contribution >= 0.6 is 0 Å². The summed E-state index contributed by atoms with van der Waals surface area (Å²) in [5.74, 6) is 0. The summed E-state index contributed by atoms with van der Waals surface area (Å²) in [7, 11) is 0. The molecule has 0 saturated carbocycles. The molecule has 0 aromatic rings. The second kappa shape index (κ2) is 6.18. The lowest BCUT2D eigenvalue weighted by Gasteiger charge is -2.24. The van der Waals surface area contributed by atoms with Gasteiger partial charge in [0.2, 0.25) is 0 Å². The average Bonchev–Trinajstić information content (AvgIpc) is 2.01. The second-order valence-electron chi connectivity index (χ2n) is 2.91. The van der Waals surface area contributed by atoms with E-state index in [9.17, 15) is 13.2 Å². The van der Waals surface area contributed by atoms with E-state index in [1.165, 1.54) is 0 Å². The van der Waals surface area contributed by atoms with Crippen molar-refractivity contribution >= 4 is 0 Å². The van der Waals surface area contributed by atoms with Crippen molar-refractivity contribution in [1.29, 1.82) is 0 Å². The van der Waals surface area contributed by atoms with Crippen LogP contribution in [0.25, 0.3) is 0 Å². The molecule has 86 valence electrons. The minimum Gasteiger partial charge on any atom is -0.395 e. The number of nitrogens with zero attached hydrogens (tertiary/aromatic N) is 1. The standard InChI is InChI=1S/C7H14F3NO3/c8-7(9,10)5-11(1-2-12)3-6(14)4-13/h6,12-14H,1-5H2. The molecule has 0 aromatic heterocycles. The molecule has 3 N–H and O–H groups in total. The number of rotatable bonds is 6. The summed E-state index contributed by atoms with van der Waals surface area (Å²) in [4.78, 5) is 0.834. The highest BCUT2D eigenvalue weighted by Crippen LogP contribution is 2.16. The van der Waals surface area contributed by atoms with E-state index in [1.807, 2.05) is 0 Å². The van der Waals surface area contributed by atoms with Crippen LogP contribution in [0.4, 0.5) is 13.2 Å². The monoisotopic (exact) mass is 217 g/mol. The maximum atomic E-state index is 11.9. The van der Waals surface area contributed by atoms with E-state index in [4.69, 9.17) is 15.3 Å². The summed E-state index contributed by atoms with van der Waals surface area (Å²) in [6.07, 6.45) is -5.59. The quantitative estimate of drug-likeness (QED) is 0.545. The molecule has 0 saturated heterocycles. The summed E-state index contributed by atoms with van der Waals surface area (Å²) in [6, 6.07) is 0. The number of alkyl halides is 3. The van der Waals surface area contributed by atoms with Gasteiger partial charge in [-0.15, -0.1) is 0 Å². The van der Waals surface area contributed by atoms with E-state index in [1.54, 1.807) is 0 Å². The molecular weight excluding hydrogens is 203 g/mol. The van der Waals surface area contributed by atoms with Gasteiger partial charge in [0, 0.05) is 13.1 Å². The fourth-order valence-electron chi connectivity index (χ4n) is 0.986. The van der Waals surface area contributed by atoms with Crippen molar-refractivity contribution in [3.8, 4) is 0 Å². The normalized spacial score (nSPS) is 14.8. The first-order valence-electron chi connectivity index (χ1n) is 4.08. The van der Waals surface area contributed by atoms with Crippen LogP contribution in [0.3, 0.4) is 0 Å². The Morgan fingerprint density at radius 2 is 1.79 bits per heavy atom. The summed E-state index contributed by atoms with van der Waals surface area (Å²) in [6.45, 7) is -2.72. The molecule has 0 aliphatic carbocycles. The number of hydrogen-bond acceptors (Lipinski definition) is 4. The van der Waals surface area contributed by atoms with Crippen LogP contribution < -0.4 is 0 Å². The number of hydrogen-bond donors (Lipinski definition) is 3. The Kier molecular flexibility index (Phi) is 6.01. The largest absolute Gasteiger partial charge is 0.401 e. The Morgan fingerprint density at radius 3 is 2.14 bits per heavy atom. The summed E-state index contributed by atoms with van der Waals surface area (Å²) < 4.78 is 35.7.